The molecule has 2 heterocycles. The molecular formula is C14H22N4. The zero-order valence-electron chi connectivity index (χ0n) is 11.3. The Morgan fingerprint density at radius 1 is 1.33 bits per heavy atom. The van der Waals surface area contributed by atoms with Crippen molar-refractivity contribution >= 4 is 5.95 Å². The summed E-state index contributed by atoms with van der Waals surface area (Å²) >= 11 is 0. The fourth-order valence-electron chi connectivity index (χ4n) is 2.44. The van der Waals surface area contributed by atoms with Crippen LogP contribution in [0.1, 0.15) is 38.7 Å². The summed E-state index contributed by atoms with van der Waals surface area (Å²) in [6, 6.07) is 0.740. The van der Waals surface area contributed by atoms with Crippen LogP contribution in [0.2, 0.25) is 0 Å². The molecule has 2 aliphatic rings. The molecule has 0 amide bonds. The molecule has 18 heavy (non-hydrogen) atoms. The Morgan fingerprint density at radius 3 is 2.61 bits per heavy atom. The number of hydrogen-bond acceptors (Lipinski definition) is 4. The maximum atomic E-state index is 4.50. The highest BCUT2D eigenvalue weighted by Gasteiger charge is 2.30. The maximum absolute atomic E-state index is 4.50. The third-order valence-electron chi connectivity index (χ3n) is 3.82. The number of anilines is 1. The monoisotopic (exact) mass is 246 g/mol. The van der Waals surface area contributed by atoms with E-state index in [4.69, 9.17) is 0 Å². The Kier molecular flexibility index (Phi) is 2.98. The second kappa shape index (κ2) is 4.50. The maximum Gasteiger partial charge on any atom is 0.225 e. The lowest BCUT2D eigenvalue weighted by atomic mass is 9.93. The Hall–Kier alpha value is -1.16. The lowest BCUT2D eigenvalue weighted by Gasteiger charge is -2.19. The minimum atomic E-state index is 0.398. The average molecular weight is 246 g/mol. The molecule has 0 unspecified atom stereocenters. The minimum Gasteiger partial charge on any atom is -0.340 e. The molecule has 3 rings (SSSR count). The van der Waals surface area contributed by atoms with Gasteiger partial charge in [0, 0.05) is 43.6 Å². The third-order valence-corrected chi connectivity index (χ3v) is 3.82. The van der Waals surface area contributed by atoms with Gasteiger partial charge in [-0.3, -0.25) is 0 Å². The van der Waals surface area contributed by atoms with Crippen molar-refractivity contribution in [1.82, 2.24) is 15.3 Å². The van der Waals surface area contributed by atoms with E-state index in [0.29, 0.717) is 5.41 Å². The standard InChI is InChI=1S/C14H22N4/c1-14(2)5-6-18(10-14)13-16-8-11(9-17-13)7-15-12-3-4-12/h8-9,12,15H,3-7,10H2,1-2H3. The molecule has 0 atom stereocenters. The average Bonchev–Trinajstić information content (AvgIpc) is 3.11. The zero-order chi connectivity index (χ0) is 12.6. The first-order chi connectivity index (χ1) is 8.62. The predicted octanol–water partition coefficient (Wildman–Crippen LogP) is 1.96. The van der Waals surface area contributed by atoms with Crippen molar-refractivity contribution in [2.75, 3.05) is 18.0 Å². The molecule has 0 radical (unpaired) electrons. The molecule has 4 heteroatoms. The van der Waals surface area contributed by atoms with Gasteiger partial charge in [-0.05, 0) is 24.7 Å². The van der Waals surface area contributed by atoms with Crippen molar-refractivity contribution in [3.8, 4) is 0 Å². The fourth-order valence-corrected chi connectivity index (χ4v) is 2.44. The highest BCUT2D eigenvalue weighted by Crippen LogP contribution is 2.30. The Labute approximate surface area is 109 Å². The molecule has 1 N–H and O–H groups in total. The van der Waals surface area contributed by atoms with Crippen molar-refractivity contribution in [3.63, 3.8) is 0 Å². The summed E-state index contributed by atoms with van der Waals surface area (Å²) in [5, 5.41) is 3.48. The number of nitrogens with one attached hydrogen (secondary N) is 1. The van der Waals surface area contributed by atoms with Crippen LogP contribution >= 0.6 is 0 Å². The van der Waals surface area contributed by atoms with Crippen LogP contribution in [0.3, 0.4) is 0 Å². The first-order valence-corrected chi connectivity index (χ1v) is 6.92. The topological polar surface area (TPSA) is 41.1 Å². The van der Waals surface area contributed by atoms with Gasteiger partial charge >= 0.3 is 0 Å². The van der Waals surface area contributed by atoms with Crippen molar-refractivity contribution < 1.29 is 0 Å². The normalized spacial score (nSPS) is 22.4. The van der Waals surface area contributed by atoms with Gasteiger partial charge in [-0.25, -0.2) is 9.97 Å². The number of hydrogen-bond donors (Lipinski definition) is 1. The van der Waals surface area contributed by atoms with E-state index in [0.717, 1.165) is 31.6 Å². The van der Waals surface area contributed by atoms with E-state index >= 15 is 0 Å². The van der Waals surface area contributed by atoms with Crippen molar-refractivity contribution in [2.45, 2.75) is 45.7 Å². The molecule has 1 aromatic heterocycles. The van der Waals surface area contributed by atoms with Gasteiger partial charge in [0.2, 0.25) is 5.95 Å². The lowest BCUT2D eigenvalue weighted by molar-refractivity contribution is 0.418. The molecule has 0 bridgehead atoms. The first kappa shape index (κ1) is 11.9. The first-order valence-electron chi connectivity index (χ1n) is 6.92. The van der Waals surface area contributed by atoms with E-state index in [1.54, 1.807) is 0 Å². The largest absolute Gasteiger partial charge is 0.340 e. The number of nitrogens with zero attached hydrogens (tertiary/aromatic N) is 3. The fraction of sp³-hybridized carbons (Fsp3) is 0.714. The number of rotatable bonds is 4. The smallest absolute Gasteiger partial charge is 0.225 e. The van der Waals surface area contributed by atoms with Crippen molar-refractivity contribution in [1.29, 1.82) is 0 Å². The molecule has 98 valence electrons. The summed E-state index contributed by atoms with van der Waals surface area (Å²) in [4.78, 5) is 11.3. The summed E-state index contributed by atoms with van der Waals surface area (Å²) in [6.45, 7) is 7.65. The molecule has 0 aromatic carbocycles. The predicted molar refractivity (Wildman–Crippen MR) is 72.5 cm³/mol. The second-order valence-corrected chi connectivity index (χ2v) is 6.38. The van der Waals surface area contributed by atoms with Gasteiger partial charge < -0.3 is 10.2 Å². The molecular weight excluding hydrogens is 224 g/mol. The van der Waals surface area contributed by atoms with E-state index in [1.807, 2.05) is 12.4 Å². The molecule has 1 saturated carbocycles. The third kappa shape index (κ3) is 2.80. The second-order valence-electron chi connectivity index (χ2n) is 6.38. The van der Waals surface area contributed by atoms with E-state index in [1.165, 1.54) is 24.8 Å². The van der Waals surface area contributed by atoms with Gasteiger partial charge in [-0.1, -0.05) is 13.8 Å². The van der Waals surface area contributed by atoms with Crippen LogP contribution in [0.25, 0.3) is 0 Å². The van der Waals surface area contributed by atoms with Gasteiger partial charge in [0.25, 0.3) is 0 Å². The molecule has 1 saturated heterocycles. The Balaban J connectivity index is 1.60. The van der Waals surface area contributed by atoms with Crippen LogP contribution in [-0.2, 0) is 6.54 Å². The quantitative estimate of drug-likeness (QED) is 0.882. The molecule has 1 aliphatic carbocycles. The van der Waals surface area contributed by atoms with Gasteiger partial charge in [-0.15, -0.1) is 0 Å². The molecule has 1 aliphatic heterocycles. The van der Waals surface area contributed by atoms with Crippen LogP contribution in [0.15, 0.2) is 12.4 Å². The van der Waals surface area contributed by atoms with Crippen LogP contribution in [-0.4, -0.2) is 29.1 Å². The lowest BCUT2D eigenvalue weighted by Crippen LogP contribution is -2.24. The summed E-state index contributed by atoms with van der Waals surface area (Å²) < 4.78 is 0. The van der Waals surface area contributed by atoms with Gasteiger partial charge in [0.1, 0.15) is 0 Å². The van der Waals surface area contributed by atoms with Crippen LogP contribution < -0.4 is 10.2 Å². The summed E-state index contributed by atoms with van der Waals surface area (Å²) in [6.07, 6.45) is 7.79. The SMILES string of the molecule is CC1(C)CCN(c2ncc(CNC3CC3)cn2)C1. The van der Waals surface area contributed by atoms with E-state index in [2.05, 4.69) is 34.0 Å². The van der Waals surface area contributed by atoms with Gasteiger partial charge in [0.15, 0.2) is 0 Å². The molecule has 2 fully saturated rings. The Bertz CT molecular complexity index is 408. The van der Waals surface area contributed by atoms with E-state index < -0.39 is 0 Å². The highest BCUT2D eigenvalue weighted by atomic mass is 15.3. The van der Waals surface area contributed by atoms with Crippen molar-refractivity contribution in [2.24, 2.45) is 5.41 Å². The molecule has 1 aromatic rings. The van der Waals surface area contributed by atoms with Crippen LogP contribution in [0, 0.1) is 5.41 Å². The minimum absolute atomic E-state index is 0.398. The van der Waals surface area contributed by atoms with E-state index in [-0.39, 0.29) is 0 Å². The summed E-state index contributed by atoms with van der Waals surface area (Å²) in [5.74, 6) is 0.885. The van der Waals surface area contributed by atoms with E-state index in [9.17, 15) is 0 Å². The number of aromatic nitrogens is 2. The van der Waals surface area contributed by atoms with Gasteiger partial charge in [0.05, 0.1) is 0 Å². The van der Waals surface area contributed by atoms with Gasteiger partial charge in [-0.2, -0.15) is 0 Å². The summed E-state index contributed by atoms with van der Waals surface area (Å²) in [5.41, 5.74) is 1.58. The van der Waals surface area contributed by atoms with Crippen LogP contribution in [0.4, 0.5) is 5.95 Å². The van der Waals surface area contributed by atoms with Crippen LogP contribution in [0.5, 0.6) is 0 Å². The Morgan fingerprint density at radius 2 is 2.06 bits per heavy atom. The van der Waals surface area contributed by atoms with Crippen molar-refractivity contribution in [3.05, 3.63) is 18.0 Å². The molecule has 0 spiro atoms. The summed E-state index contributed by atoms with van der Waals surface area (Å²) in [7, 11) is 0. The molecule has 4 nitrogen and oxygen atoms in total. The zero-order valence-corrected chi connectivity index (χ0v) is 11.3. The highest BCUT2D eigenvalue weighted by molar-refractivity contribution is 5.32.